The molecule has 2 aliphatic rings. The molecule has 0 aromatic heterocycles. The standard InChI is InChI=1S/C85H62BN5/c1-10-30-63(31-11-1)85(64-32-12-2-13-33-64,65-34-14-3-15-35-65)66-52-54-73(55-53-66)90-80-50-29-51-81-84(80)86(78-58-56-76(61-82(78)90)88(69-40-20-6-21-41-69)70-42-22-7-23-43-70)79-59-57-77(89(71-44-24-8-25-45-71)72-46-26-9-27-47-72)62-83(79)91(81)75-49-28-48-74(60-75)87(67-36-16-4-17-37-67)68-38-18-5-19-39-68/h1-62H. The quantitative estimate of drug-likeness (QED) is 0.0749. The lowest BCUT2D eigenvalue weighted by Crippen LogP contribution is -2.61. The molecule has 0 aliphatic carbocycles. The number of para-hydroxylation sites is 6. The van der Waals surface area contributed by atoms with Crippen LogP contribution in [0.1, 0.15) is 22.3 Å². The van der Waals surface area contributed by atoms with Gasteiger partial charge in [-0.25, -0.2) is 0 Å². The highest BCUT2D eigenvalue weighted by Gasteiger charge is 2.45. The van der Waals surface area contributed by atoms with E-state index in [4.69, 9.17) is 0 Å². The first-order valence-electron chi connectivity index (χ1n) is 31.3. The summed E-state index contributed by atoms with van der Waals surface area (Å²) in [6.45, 7) is -0.162. The summed E-state index contributed by atoms with van der Waals surface area (Å²) in [6, 6.07) is 137. The highest BCUT2D eigenvalue weighted by molar-refractivity contribution is 7.00. The van der Waals surface area contributed by atoms with Crippen molar-refractivity contribution in [3.63, 3.8) is 0 Å². The Bertz CT molecular complexity index is 4600. The van der Waals surface area contributed by atoms with Crippen molar-refractivity contribution in [2.75, 3.05) is 24.5 Å². The monoisotopic (exact) mass is 1160 g/mol. The molecule has 0 atom stereocenters. The average Bonchev–Trinajstić information content (AvgIpc) is 0.738. The number of hydrogen-bond donors (Lipinski definition) is 0. The van der Waals surface area contributed by atoms with Crippen LogP contribution in [0.3, 0.4) is 0 Å². The van der Waals surface area contributed by atoms with Crippen molar-refractivity contribution in [1.82, 2.24) is 0 Å². The second-order valence-electron chi connectivity index (χ2n) is 23.2. The molecule has 0 N–H and O–H groups in total. The van der Waals surface area contributed by atoms with Crippen molar-refractivity contribution >= 4 is 108 Å². The Morgan fingerprint density at radius 1 is 0.209 bits per heavy atom. The van der Waals surface area contributed by atoms with E-state index in [-0.39, 0.29) is 6.71 Å². The summed E-state index contributed by atoms with van der Waals surface area (Å²) in [6.07, 6.45) is 0. The minimum absolute atomic E-state index is 0.162. The summed E-state index contributed by atoms with van der Waals surface area (Å²) in [5.41, 5.74) is 24.0. The molecule has 0 fully saturated rings. The Balaban J connectivity index is 0.946. The van der Waals surface area contributed by atoms with Crippen molar-refractivity contribution < 1.29 is 0 Å². The zero-order chi connectivity index (χ0) is 60.5. The smallest absolute Gasteiger partial charge is 0.252 e. The van der Waals surface area contributed by atoms with Gasteiger partial charge < -0.3 is 24.5 Å². The Kier molecular flexibility index (Phi) is 14.2. The van der Waals surface area contributed by atoms with Crippen molar-refractivity contribution in [3.8, 4) is 0 Å². The molecule has 0 unspecified atom stereocenters. The van der Waals surface area contributed by atoms with Gasteiger partial charge in [0.05, 0.1) is 5.41 Å². The highest BCUT2D eigenvalue weighted by atomic mass is 15.2. The van der Waals surface area contributed by atoms with Crippen LogP contribution in [0.15, 0.2) is 376 Å². The molecule has 0 radical (unpaired) electrons. The SMILES string of the molecule is c1ccc(N(c2ccccc2)c2cccc(N3c4cc(N(c5ccccc5)c5ccccc5)ccc4B4c5ccc(N(c6ccccc6)c6ccccc6)cc5N(c5ccc(C(c6ccccc6)(c6ccccc6)c6ccccc6)cc5)c5cccc3c54)c2)cc1. The van der Waals surface area contributed by atoms with E-state index >= 15 is 0 Å². The number of hydrogen-bond acceptors (Lipinski definition) is 5. The second kappa shape index (κ2) is 23.7. The number of anilines is 15. The number of rotatable bonds is 15. The van der Waals surface area contributed by atoms with E-state index < -0.39 is 5.41 Å². The summed E-state index contributed by atoms with van der Waals surface area (Å²) in [5.74, 6) is 0. The molecule has 16 rings (SSSR count). The Labute approximate surface area is 533 Å². The largest absolute Gasteiger partial charge is 0.311 e. The summed E-state index contributed by atoms with van der Waals surface area (Å²) in [7, 11) is 0. The molecule has 0 bridgehead atoms. The lowest BCUT2D eigenvalue weighted by molar-refractivity contribution is 0.745. The fourth-order valence-electron chi connectivity index (χ4n) is 14.2. The van der Waals surface area contributed by atoms with Crippen molar-refractivity contribution in [2.24, 2.45) is 0 Å². The lowest BCUT2D eigenvalue weighted by atomic mass is 9.33. The maximum atomic E-state index is 2.54. The van der Waals surface area contributed by atoms with E-state index in [0.29, 0.717) is 0 Å². The predicted octanol–water partition coefficient (Wildman–Crippen LogP) is 20.6. The number of benzene rings is 14. The van der Waals surface area contributed by atoms with Crippen LogP contribution in [0.4, 0.5) is 85.3 Å². The molecule has 6 heteroatoms. The minimum atomic E-state index is -0.622. The van der Waals surface area contributed by atoms with E-state index in [2.05, 4.69) is 401 Å². The predicted molar refractivity (Wildman–Crippen MR) is 383 cm³/mol. The molecule has 91 heavy (non-hydrogen) atoms. The van der Waals surface area contributed by atoms with Crippen LogP contribution in [0.25, 0.3) is 0 Å². The van der Waals surface area contributed by atoms with E-state index in [1.165, 1.54) is 38.6 Å². The van der Waals surface area contributed by atoms with Gasteiger partial charge in [-0.3, -0.25) is 0 Å². The summed E-state index contributed by atoms with van der Waals surface area (Å²) >= 11 is 0. The zero-order valence-electron chi connectivity index (χ0n) is 50.1. The highest BCUT2D eigenvalue weighted by Crippen LogP contribution is 2.51. The average molecular weight is 1160 g/mol. The third-order valence-electron chi connectivity index (χ3n) is 18.1. The Morgan fingerprint density at radius 2 is 0.495 bits per heavy atom. The molecule has 5 nitrogen and oxygen atoms in total. The molecule has 430 valence electrons. The van der Waals surface area contributed by atoms with Crippen LogP contribution >= 0.6 is 0 Å². The number of nitrogens with zero attached hydrogens (tertiary/aromatic N) is 5. The molecule has 14 aromatic rings. The van der Waals surface area contributed by atoms with E-state index in [1.54, 1.807) is 0 Å². The van der Waals surface area contributed by atoms with Crippen molar-refractivity contribution in [1.29, 1.82) is 0 Å². The van der Waals surface area contributed by atoms with Gasteiger partial charge >= 0.3 is 0 Å². The summed E-state index contributed by atoms with van der Waals surface area (Å²) < 4.78 is 0. The van der Waals surface area contributed by atoms with Crippen LogP contribution in [-0.2, 0) is 5.41 Å². The molecular formula is C85H62BN5. The molecular weight excluding hydrogens is 1100 g/mol. The second-order valence-corrected chi connectivity index (χ2v) is 23.2. The first-order valence-corrected chi connectivity index (χ1v) is 31.3. The molecule has 2 heterocycles. The molecule has 0 saturated carbocycles. The fourth-order valence-corrected chi connectivity index (χ4v) is 14.2. The summed E-state index contributed by atoms with van der Waals surface area (Å²) in [5, 5.41) is 0. The van der Waals surface area contributed by atoms with Crippen LogP contribution in [0.2, 0.25) is 0 Å². The van der Waals surface area contributed by atoms with Gasteiger partial charge in [0, 0.05) is 85.3 Å². The third-order valence-corrected chi connectivity index (χ3v) is 18.1. The van der Waals surface area contributed by atoms with Gasteiger partial charge in [-0.1, -0.05) is 237 Å². The van der Waals surface area contributed by atoms with E-state index in [9.17, 15) is 0 Å². The van der Waals surface area contributed by atoms with Crippen molar-refractivity contribution in [2.45, 2.75) is 5.41 Å². The van der Waals surface area contributed by atoms with Gasteiger partial charge in [0.25, 0.3) is 6.71 Å². The van der Waals surface area contributed by atoms with Crippen LogP contribution < -0.4 is 40.9 Å². The number of fused-ring (bicyclic) bond motifs is 4. The third kappa shape index (κ3) is 9.70. The normalized spacial score (nSPS) is 12.1. The van der Waals surface area contributed by atoms with E-state index in [0.717, 1.165) is 85.3 Å². The lowest BCUT2D eigenvalue weighted by Gasteiger charge is -2.45. The van der Waals surface area contributed by atoms with E-state index in [1.807, 2.05) is 0 Å². The summed E-state index contributed by atoms with van der Waals surface area (Å²) in [4.78, 5) is 12.2. The molecule has 0 saturated heterocycles. The fraction of sp³-hybridized carbons (Fsp3) is 0.0118. The molecule has 2 aliphatic heterocycles. The molecule has 0 spiro atoms. The first kappa shape index (κ1) is 54.5. The molecule has 14 aromatic carbocycles. The first-order chi connectivity index (χ1) is 45.2. The maximum absolute atomic E-state index is 2.54. The van der Waals surface area contributed by atoms with Gasteiger partial charge in [-0.15, -0.1) is 0 Å². The van der Waals surface area contributed by atoms with Crippen LogP contribution in [0, 0.1) is 0 Å². The van der Waals surface area contributed by atoms with Crippen LogP contribution in [-0.4, -0.2) is 6.71 Å². The minimum Gasteiger partial charge on any atom is -0.311 e. The molecule has 0 amide bonds. The van der Waals surface area contributed by atoms with Gasteiger partial charge in [0.15, 0.2) is 0 Å². The van der Waals surface area contributed by atoms with Crippen LogP contribution in [0.5, 0.6) is 0 Å². The van der Waals surface area contributed by atoms with Gasteiger partial charge in [0.2, 0.25) is 0 Å². The maximum Gasteiger partial charge on any atom is 0.252 e. The van der Waals surface area contributed by atoms with Gasteiger partial charge in [0.1, 0.15) is 0 Å². The van der Waals surface area contributed by atoms with Gasteiger partial charge in [-0.05, 0) is 178 Å². The Morgan fingerprint density at radius 3 is 0.846 bits per heavy atom. The van der Waals surface area contributed by atoms with Crippen molar-refractivity contribution in [3.05, 3.63) is 398 Å². The zero-order valence-corrected chi connectivity index (χ0v) is 50.1. The topological polar surface area (TPSA) is 16.2 Å². The Hall–Kier alpha value is -11.9. The van der Waals surface area contributed by atoms with Gasteiger partial charge in [-0.2, -0.15) is 0 Å².